The predicted octanol–water partition coefficient (Wildman–Crippen LogP) is 2.50. The fourth-order valence-electron chi connectivity index (χ4n) is 3.39. The number of nitrogens with one attached hydrogen (secondary N) is 2. The fourth-order valence-corrected chi connectivity index (χ4v) is 5.39. The van der Waals surface area contributed by atoms with Crippen molar-refractivity contribution in [3.63, 3.8) is 0 Å². The molecule has 3 rings (SSSR count). The van der Waals surface area contributed by atoms with Crippen molar-refractivity contribution in [2.45, 2.75) is 37.4 Å². The molecule has 1 aromatic carbocycles. The molecule has 1 atom stereocenters. The molecule has 1 aliphatic heterocycles. The summed E-state index contributed by atoms with van der Waals surface area (Å²) in [5, 5.41) is 10.3. The van der Waals surface area contributed by atoms with Crippen LogP contribution in [-0.2, 0) is 10.0 Å². The first-order valence-electron chi connectivity index (χ1n) is 9.77. The van der Waals surface area contributed by atoms with E-state index in [0.717, 1.165) is 43.0 Å². The molecule has 0 bridgehead atoms. The van der Waals surface area contributed by atoms with Gasteiger partial charge in [0, 0.05) is 18.7 Å². The number of carbonyl (C=O) groups excluding carboxylic acids is 1. The molecule has 1 unspecified atom stereocenters. The molecule has 1 amide bonds. The smallest absolute Gasteiger partial charge is 0.269 e. The molecular formula is C19H27N5O3S2. The summed E-state index contributed by atoms with van der Waals surface area (Å²) < 4.78 is 27.3. The van der Waals surface area contributed by atoms with Gasteiger partial charge in [-0.3, -0.25) is 10.1 Å². The quantitative estimate of drug-likeness (QED) is 0.486. The number of amides is 1. The molecule has 2 aromatic rings. The van der Waals surface area contributed by atoms with Crippen LogP contribution >= 0.6 is 11.3 Å². The Labute approximate surface area is 175 Å². The van der Waals surface area contributed by atoms with Crippen LogP contribution in [0.1, 0.15) is 42.1 Å². The van der Waals surface area contributed by atoms with E-state index in [0.29, 0.717) is 18.0 Å². The minimum absolute atomic E-state index is 0.149. The number of piperidine rings is 1. The number of rotatable bonds is 8. The van der Waals surface area contributed by atoms with Gasteiger partial charge in [-0.2, -0.15) is 0 Å². The SMILES string of the molecule is Cc1cccc(C(=O)Nc2nnc(S(=O)(=O)NCCCN3CCCC(C)C3)s2)c1. The standard InChI is InChI=1S/C19H27N5O3S2/c1-14-6-3-8-16(12-14)17(25)21-18-22-23-19(28-18)29(26,27)20-9-5-11-24-10-4-7-15(2)13-24/h3,6,8,12,15,20H,4-5,7,9-11,13H2,1-2H3,(H,21,22,25). The van der Waals surface area contributed by atoms with Crippen molar-refractivity contribution >= 4 is 32.4 Å². The molecule has 8 nitrogen and oxygen atoms in total. The van der Waals surface area contributed by atoms with Crippen molar-refractivity contribution in [1.29, 1.82) is 0 Å². The molecule has 10 heteroatoms. The second-order valence-corrected chi connectivity index (χ2v) is 10.4. The highest BCUT2D eigenvalue weighted by Crippen LogP contribution is 2.21. The number of likely N-dealkylation sites (tertiary alicyclic amines) is 1. The minimum Gasteiger partial charge on any atom is -0.303 e. The summed E-state index contributed by atoms with van der Waals surface area (Å²) in [4.78, 5) is 14.6. The summed E-state index contributed by atoms with van der Waals surface area (Å²) >= 11 is 0.838. The number of sulfonamides is 1. The zero-order valence-electron chi connectivity index (χ0n) is 16.7. The van der Waals surface area contributed by atoms with Crippen molar-refractivity contribution in [3.05, 3.63) is 35.4 Å². The van der Waals surface area contributed by atoms with Crippen LogP contribution < -0.4 is 10.0 Å². The van der Waals surface area contributed by atoms with Crippen LogP contribution in [0.3, 0.4) is 0 Å². The average Bonchev–Trinajstić information content (AvgIpc) is 3.15. The zero-order valence-corrected chi connectivity index (χ0v) is 18.4. The van der Waals surface area contributed by atoms with Crippen LogP contribution in [0.5, 0.6) is 0 Å². The Bertz CT molecular complexity index is 945. The number of aromatic nitrogens is 2. The maximum absolute atomic E-state index is 12.4. The van der Waals surface area contributed by atoms with Gasteiger partial charge in [0.15, 0.2) is 0 Å². The van der Waals surface area contributed by atoms with Gasteiger partial charge in [-0.05, 0) is 57.3 Å². The summed E-state index contributed by atoms with van der Waals surface area (Å²) in [5.74, 6) is 0.354. The lowest BCUT2D eigenvalue weighted by Crippen LogP contribution is -2.36. The largest absolute Gasteiger partial charge is 0.303 e. The van der Waals surface area contributed by atoms with Crippen molar-refractivity contribution < 1.29 is 13.2 Å². The van der Waals surface area contributed by atoms with Gasteiger partial charge < -0.3 is 4.90 Å². The van der Waals surface area contributed by atoms with Crippen molar-refractivity contribution in [3.8, 4) is 0 Å². The molecule has 2 N–H and O–H groups in total. The maximum atomic E-state index is 12.4. The number of hydrogen-bond acceptors (Lipinski definition) is 7. The van der Waals surface area contributed by atoms with E-state index in [9.17, 15) is 13.2 Å². The molecule has 1 saturated heterocycles. The molecule has 0 spiro atoms. The Balaban J connectivity index is 1.49. The Morgan fingerprint density at radius 2 is 2.17 bits per heavy atom. The lowest BCUT2D eigenvalue weighted by molar-refractivity contribution is 0.102. The van der Waals surface area contributed by atoms with E-state index in [1.54, 1.807) is 18.2 Å². The van der Waals surface area contributed by atoms with Crippen LogP contribution in [0.4, 0.5) is 5.13 Å². The summed E-state index contributed by atoms with van der Waals surface area (Å²) in [7, 11) is -3.74. The lowest BCUT2D eigenvalue weighted by atomic mass is 10.0. The van der Waals surface area contributed by atoms with Gasteiger partial charge in [-0.1, -0.05) is 36.0 Å². The van der Waals surface area contributed by atoms with Crippen LogP contribution in [-0.4, -0.2) is 55.6 Å². The van der Waals surface area contributed by atoms with Crippen molar-refractivity contribution in [1.82, 2.24) is 19.8 Å². The highest BCUT2D eigenvalue weighted by Gasteiger charge is 2.21. The summed E-state index contributed by atoms with van der Waals surface area (Å²) in [6.07, 6.45) is 3.21. The first-order valence-corrected chi connectivity index (χ1v) is 12.1. The molecule has 2 heterocycles. The van der Waals surface area contributed by atoms with Gasteiger partial charge in [-0.25, -0.2) is 13.1 Å². The molecule has 0 aliphatic carbocycles. The van der Waals surface area contributed by atoms with Crippen molar-refractivity contribution in [2.24, 2.45) is 5.92 Å². The van der Waals surface area contributed by atoms with Crippen LogP contribution in [0.15, 0.2) is 28.6 Å². The highest BCUT2D eigenvalue weighted by molar-refractivity contribution is 7.91. The van der Waals surface area contributed by atoms with Crippen LogP contribution in [0, 0.1) is 12.8 Å². The fraction of sp³-hybridized carbons (Fsp3) is 0.526. The predicted molar refractivity (Wildman–Crippen MR) is 114 cm³/mol. The van der Waals surface area contributed by atoms with E-state index in [-0.39, 0.29) is 15.4 Å². The molecule has 1 aliphatic rings. The third-order valence-corrected chi connectivity index (χ3v) is 7.49. The molecule has 29 heavy (non-hydrogen) atoms. The minimum atomic E-state index is -3.74. The number of hydrogen-bond donors (Lipinski definition) is 2. The number of nitrogens with zero attached hydrogens (tertiary/aromatic N) is 3. The summed E-state index contributed by atoms with van der Waals surface area (Å²) in [6, 6.07) is 7.11. The van der Waals surface area contributed by atoms with Gasteiger partial charge >= 0.3 is 0 Å². The molecule has 158 valence electrons. The van der Waals surface area contributed by atoms with E-state index in [1.807, 2.05) is 13.0 Å². The van der Waals surface area contributed by atoms with Gasteiger partial charge in [0.25, 0.3) is 15.9 Å². The number of benzene rings is 1. The Morgan fingerprint density at radius 1 is 1.34 bits per heavy atom. The molecule has 1 aromatic heterocycles. The van der Waals surface area contributed by atoms with Gasteiger partial charge in [0.05, 0.1) is 0 Å². The maximum Gasteiger partial charge on any atom is 0.269 e. The number of carbonyl (C=O) groups is 1. The number of anilines is 1. The lowest BCUT2D eigenvalue weighted by Gasteiger charge is -2.30. The molecular weight excluding hydrogens is 410 g/mol. The van der Waals surface area contributed by atoms with Crippen LogP contribution in [0.25, 0.3) is 0 Å². The normalized spacial score (nSPS) is 17.9. The second-order valence-electron chi connectivity index (χ2n) is 7.50. The van der Waals surface area contributed by atoms with Gasteiger partial charge in [0.1, 0.15) is 0 Å². The van der Waals surface area contributed by atoms with Gasteiger partial charge in [-0.15, -0.1) is 10.2 Å². The zero-order chi connectivity index (χ0) is 20.9. The summed E-state index contributed by atoms with van der Waals surface area (Å²) in [6.45, 7) is 7.52. The Hall–Kier alpha value is -1.88. The monoisotopic (exact) mass is 437 g/mol. The van der Waals surface area contributed by atoms with Gasteiger partial charge in [0.2, 0.25) is 9.47 Å². The molecule has 0 saturated carbocycles. The first kappa shape index (κ1) is 21.8. The molecule has 0 radical (unpaired) electrons. The van der Waals surface area contributed by atoms with E-state index in [4.69, 9.17) is 0 Å². The van der Waals surface area contributed by atoms with E-state index in [2.05, 4.69) is 32.1 Å². The topological polar surface area (TPSA) is 104 Å². The second kappa shape index (κ2) is 9.75. The summed E-state index contributed by atoms with van der Waals surface area (Å²) in [5.41, 5.74) is 1.44. The van der Waals surface area contributed by atoms with Crippen LogP contribution in [0.2, 0.25) is 0 Å². The molecule has 1 fully saturated rings. The third-order valence-electron chi connectivity index (χ3n) is 4.82. The van der Waals surface area contributed by atoms with E-state index >= 15 is 0 Å². The first-order chi connectivity index (χ1) is 13.8. The third kappa shape index (κ3) is 6.30. The van der Waals surface area contributed by atoms with E-state index in [1.165, 1.54) is 12.8 Å². The highest BCUT2D eigenvalue weighted by atomic mass is 32.2. The Morgan fingerprint density at radius 3 is 2.93 bits per heavy atom. The van der Waals surface area contributed by atoms with E-state index < -0.39 is 10.0 Å². The number of aryl methyl sites for hydroxylation is 1. The van der Waals surface area contributed by atoms with Crippen molar-refractivity contribution in [2.75, 3.05) is 31.5 Å². The Kier molecular flexibility index (Phi) is 7.33. The average molecular weight is 438 g/mol.